The van der Waals surface area contributed by atoms with Crippen LogP contribution in [0.3, 0.4) is 0 Å². The zero-order valence-electron chi connectivity index (χ0n) is 27.8. The molecule has 20 nitrogen and oxygen atoms in total. The molecule has 8 N–H and O–H groups in total. The third-order valence-electron chi connectivity index (χ3n) is 7.84. The summed E-state index contributed by atoms with van der Waals surface area (Å²) in [5, 5.41) is 15.6. The minimum Gasteiger partial charge on any atom is -0.395 e. The molecular formula is C32H24N8O12S4. The lowest BCUT2D eigenvalue weighted by atomic mass is 10.1. The Morgan fingerprint density at radius 1 is 0.482 bits per heavy atom. The maximum absolute atomic E-state index is 12.4. The summed E-state index contributed by atoms with van der Waals surface area (Å²) in [6.45, 7) is 0. The van der Waals surface area contributed by atoms with Gasteiger partial charge in [-0.15, -0.1) is 10.2 Å². The van der Waals surface area contributed by atoms with Crippen molar-refractivity contribution in [3.63, 3.8) is 0 Å². The third kappa shape index (κ3) is 8.26. The molecular weight excluding hydrogens is 817 g/mol. The van der Waals surface area contributed by atoms with Gasteiger partial charge in [-0.3, -0.25) is 28.2 Å². The number of nitrogens with zero attached hydrogens (tertiary/aromatic N) is 6. The van der Waals surface area contributed by atoms with Crippen LogP contribution in [0.2, 0.25) is 0 Å². The highest BCUT2D eigenvalue weighted by molar-refractivity contribution is 7.86. The molecule has 6 rings (SSSR count). The van der Waals surface area contributed by atoms with E-state index >= 15 is 0 Å². The standard InChI is InChI=1S/C32H24N8O12S4/c33-29-23(15-27(55(47,48)49)21-3-1-11-35-31(21)29)39-37-19-9-7-17(25(13-19)53(41,42)43)5-6-18-8-10-20(14-26(18)54(44,45)46)38-40-24-16-28(56(50,51)52)22-4-2-12-36-32(22)30(24)34/h1-16H,33-34H2,(H,41,42,43)(H,44,45,46)(H,47,48,49)(H,50,51,52)/b6-5+,39-37?,40-38?. The molecule has 0 amide bonds. The molecule has 4 aromatic carbocycles. The van der Waals surface area contributed by atoms with Crippen LogP contribution in [0.4, 0.5) is 34.1 Å². The average Bonchev–Trinajstić information content (AvgIpc) is 3.12. The van der Waals surface area contributed by atoms with E-state index in [0.717, 1.165) is 36.4 Å². The molecule has 0 bridgehead atoms. The van der Waals surface area contributed by atoms with E-state index in [1.165, 1.54) is 60.9 Å². The van der Waals surface area contributed by atoms with Gasteiger partial charge in [-0.05, 0) is 71.8 Å². The van der Waals surface area contributed by atoms with E-state index in [-0.39, 0.29) is 67.1 Å². The van der Waals surface area contributed by atoms with Gasteiger partial charge in [0.25, 0.3) is 40.5 Å². The van der Waals surface area contributed by atoms with Crippen LogP contribution >= 0.6 is 0 Å². The van der Waals surface area contributed by atoms with Crippen molar-refractivity contribution in [2.75, 3.05) is 11.5 Å². The van der Waals surface area contributed by atoms with Crippen molar-refractivity contribution in [1.29, 1.82) is 0 Å². The number of benzene rings is 4. The highest BCUT2D eigenvalue weighted by atomic mass is 32.2. The van der Waals surface area contributed by atoms with Crippen LogP contribution in [0.1, 0.15) is 11.1 Å². The van der Waals surface area contributed by atoms with Crippen LogP contribution in [0.5, 0.6) is 0 Å². The molecule has 0 radical (unpaired) electrons. The van der Waals surface area contributed by atoms with Gasteiger partial charge in [-0.1, -0.05) is 24.3 Å². The first-order valence-corrected chi connectivity index (χ1v) is 20.9. The normalized spacial score (nSPS) is 13.1. The Bertz CT molecular complexity index is 2960. The Morgan fingerprint density at radius 2 is 0.839 bits per heavy atom. The molecule has 0 aliphatic rings. The third-order valence-corrected chi connectivity index (χ3v) is 11.4. The van der Waals surface area contributed by atoms with Gasteiger partial charge < -0.3 is 11.5 Å². The summed E-state index contributed by atoms with van der Waals surface area (Å²) in [7, 11) is -19.5. The first-order valence-electron chi connectivity index (χ1n) is 15.2. The summed E-state index contributed by atoms with van der Waals surface area (Å²) in [5.41, 5.74) is 10.7. The van der Waals surface area contributed by atoms with Crippen molar-refractivity contribution in [2.45, 2.75) is 19.6 Å². The minimum atomic E-state index is -4.98. The van der Waals surface area contributed by atoms with Crippen LogP contribution in [0, 0.1) is 0 Å². The molecule has 0 saturated carbocycles. The number of fused-ring (bicyclic) bond motifs is 2. The van der Waals surface area contributed by atoms with Gasteiger partial charge in [0, 0.05) is 23.2 Å². The highest BCUT2D eigenvalue weighted by Gasteiger charge is 2.22. The van der Waals surface area contributed by atoms with Crippen LogP contribution < -0.4 is 11.5 Å². The number of anilines is 2. The van der Waals surface area contributed by atoms with Crippen LogP contribution in [0.15, 0.2) is 125 Å². The summed E-state index contributed by atoms with van der Waals surface area (Å²) < 4.78 is 137. The Kier molecular flexibility index (Phi) is 10.3. The van der Waals surface area contributed by atoms with Crippen LogP contribution in [-0.2, 0) is 40.5 Å². The summed E-state index contributed by atoms with van der Waals surface area (Å²) in [5.74, 6) is 0. The summed E-state index contributed by atoms with van der Waals surface area (Å²) in [4.78, 5) is 5.48. The molecule has 0 spiro atoms. The van der Waals surface area contributed by atoms with E-state index in [1.807, 2.05) is 0 Å². The predicted octanol–water partition coefficient (Wildman–Crippen LogP) is 5.94. The van der Waals surface area contributed by atoms with E-state index in [9.17, 15) is 51.9 Å². The molecule has 0 saturated heterocycles. The average molecular weight is 841 g/mol. The van der Waals surface area contributed by atoms with Crippen molar-refractivity contribution in [1.82, 2.24) is 9.97 Å². The molecule has 0 aliphatic heterocycles. The number of rotatable bonds is 10. The smallest absolute Gasteiger partial charge is 0.295 e. The summed E-state index contributed by atoms with van der Waals surface area (Å²) in [6, 6.07) is 14.1. The second-order valence-corrected chi connectivity index (χ2v) is 17.1. The molecule has 0 unspecified atom stereocenters. The van der Waals surface area contributed by atoms with Gasteiger partial charge in [0.1, 0.15) is 31.0 Å². The van der Waals surface area contributed by atoms with Crippen molar-refractivity contribution >= 4 is 109 Å². The van der Waals surface area contributed by atoms with Crippen molar-refractivity contribution in [3.8, 4) is 0 Å². The van der Waals surface area contributed by atoms with E-state index < -0.39 is 60.1 Å². The van der Waals surface area contributed by atoms with E-state index in [4.69, 9.17) is 11.5 Å². The quantitative estimate of drug-likeness (QED) is 0.0402. The maximum Gasteiger partial charge on any atom is 0.295 e. The topological polar surface area (TPSA) is 345 Å². The molecule has 24 heteroatoms. The number of aromatic nitrogens is 2. The second-order valence-electron chi connectivity index (χ2n) is 11.5. The SMILES string of the molecule is Nc1c(N=Nc2ccc(/C=C/c3ccc(N=Nc4cc(S(=O)(=O)O)c5cccnc5c4N)cc3S(=O)(=O)O)c(S(=O)(=O)O)c2)cc(S(=O)(=O)O)c2cccnc12. The fraction of sp³-hybridized carbons (Fsp3) is 0. The number of nitrogen functional groups attached to an aromatic ring is 2. The lowest BCUT2D eigenvalue weighted by Crippen LogP contribution is -2.02. The molecule has 2 aromatic heterocycles. The van der Waals surface area contributed by atoms with Crippen molar-refractivity contribution in [2.24, 2.45) is 20.5 Å². The summed E-state index contributed by atoms with van der Waals surface area (Å²) in [6.07, 6.45) is 4.84. The fourth-order valence-electron chi connectivity index (χ4n) is 5.33. The van der Waals surface area contributed by atoms with E-state index in [2.05, 4.69) is 30.4 Å². The number of hydrogen-bond acceptors (Lipinski definition) is 16. The number of pyridine rings is 2. The van der Waals surface area contributed by atoms with Crippen molar-refractivity contribution in [3.05, 3.63) is 96.3 Å². The lowest BCUT2D eigenvalue weighted by molar-refractivity contribution is 0.480. The molecule has 0 fully saturated rings. The van der Waals surface area contributed by atoms with Crippen LogP contribution in [0.25, 0.3) is 34.0 Å². The Hall–Kier alpha value is -6.12. The lowest BCUT2D eigenvalue weighted by Gasteiger charge is -2.09. The molecule has 2 heterocycles. The first-order chi connectivity index (χ1) is 26.1. The zero-order chi connectivity index (χ0) is 40.8. The van der Waals surface area contributed by atoms with Gasteiger partial charge >= 0.3 is 0 Å². The van der Waals surface area contributed by atoms with Gasteiger partial charge in [0.2, 0.25) is 0 Å². The molecule has 0 atom stereocenters. The molecule has 288 valence electrons. The fourth-order valence-corrected chi connectivity index (χ4v) is 8.14. The molecule has 6 aromatic rings. The molecule has 56 heavy (non-hydrogen) atoms. The Labute approximate surface area is 317 Å². The number of nitrogens with two attached hydrogens (primary N) is 2. The molecule has 0 aliphatic carbocycles. The maximum atomic E-state index is 12.4. The van der Waals surface area contributed by atoms with Gasteiger partial charge in [-0.2, -0.15) is 43.9 Å². The monoisotopic (exact) mass is 840 g/mol. The highest BCUT2D eigenvalue weighted by Crippen LogP contribution is 2.38. The Morgan fingerprint density at radius 3 is 1.18 bits per heavy atom. The summed E-state index contributed by atoms with van der Waals surface area (Å²) >= 11 is 0. The van der Waals surface area contributed by atoms with E-state index in [1.54, 1.807) is 0 Å². The largest absolute Gasteiger partial charge is 0.395 e. The van der Waals surface area contributed by atoms with Crippen molar-refractivity contribution < 1.29 is 51.9 Å². The minimum absolute atomic E-state index is 0.00766. The first kappa shape index (κ1) is 39.6. The predicted molar refractivity (Wildman–Crippen MR) is 202 cm³/mol. The second kappa shape index (κ2) is 14.5. The number of azo groups is 2. The van der Waals surface area contributed by atoms with Gasteiger partial charge in [-0.25, -0.2) is 0 Å². The van der Waals surface area contributed by atoms with E-state index in [0.29, 0.717) is 0 Å². The van der Waals surface area contributed by atoms with Gasteiger partial charge in [0.05, 0.1) is 33.8 Å². The Balaban J connectivity index is 1.35. The number of hydrogen-bond donors (Lipinski definition) is 6. The zero-order valence-corrected chi connectivity index (χ0v) is 31.0. The van der Waals surface area contributed by atoms with Gasteiger partial charge in [0.15, 0.2) is 0 Å². The van der Waals surface area contributed by atoms with Crippen LogP contribution in [-0.4, -0.2) is 61.9 Å².